The molecular weight excluding hydrogens is 358 g/mol. The predicted octanol–water partition coefficient (Wildman–Crippen LogP) is 3.01. The Morgan fingerprint density at radius 2 is 2.15 bits per heavy atom. The van der Waals surface area contributed by atoms with E-state index in [4.69, 9.17) is 25.8 Å². The maximum atomic E-state index is 11.8. The lowest BCUT2D eigenvalue weighted by Crippen LogP contribution is -2.62. The van der Waals surface area contributed by atoms with Crippen LogP contribution in [-0.4, -0.2) is 60.2 Å². The van der Waals surface area contributed by atoms with Crippen LogP contribution in [0.2, 0.25) is 0 Å². The number of hydrogen-bond acceptors (Lipinski definition) is 5. The van der Waals surface area contributed by atoms with E-state index in [1.54, 1.807) is 7.11 Å². The van der Waals surface area contributed by atoms with E-state index in [0.29, 0.717) is 19.4 Å². The van der Waals surface area contributed by atoms with Gasteiger partial charge in [0.25, 0.3) is 0 Å². The first-order valence-electron chi connectivity index (χ1n) is 9.30. The SMILES string of the molecule is CCNC(=O)OC1CCC(O)(C2(C)OC2CC=C(C)C)C(CCl)C1OC. The standard InChI is InChI=1S/C19H32ClNO5/c1-6-21-17(22)25-14-9-10-19(23,13(11-20)16(14)24-5)18(4)15(26-18)8-7-12(2)3/h7,13-16,23H,6,8-11H2,1-5H3,(H,21,22). The van der Waals surface area contributed by atoms with Crippen LogP contribution in [-0.2, 0) is 14.2 Å². The van der Waals surface area contributed by atoms with Crippen molar-refractivity contribution >= 4 is 17.7 Å². The normalized spacial score (nSPS) is 39.2. The van der Waals surface area contributed by atoms with Gasteiger partial charge in [0.2, 0.25) is 0 Å². The molecule has 0 spiro atoms. The number of rotatable bonds is 7. The smallest absolute Gasteiger partial charge is 0.407 e. The zero-order chi connectivity index (χ0) is 19.5. The van der Waals surface area contributed by atoms with E-state index < -0.39 is 35.4 Å². The first-order chi connectivity index (χ1) is 12.2. The van der Waals surface area contributed by atoms with Crippen molar-refractivity contribution in [1.29, 1.82) is 0 Å². The number of nitrogens with one attached hydrogen (secondary N) is 1. The molecule has 2 aliphatic rings. The zero-order valence-corrected chi connectivity index (χ0v) is 17.1. The number of epoxide rings is 1. The fourth-order valence-corrected chi connectivity index (χ4v) is 4.53. The van der Waals surface area contributed by atoms with Crippen molar-refractivity contribution in [2.45, 2.75) is 76.5 Å². The number of halogens is 1. The molecule has 0 aromatic heterocycles. The van der Waals surface area contributed by atoms with Crippen LogP contribution in [0.15, 0.2) is 11.6 Å². The summed E-state index contributed by atoms with van der Waals surface area (Å²) < 4.78 is 17.1. The summed E-state index contributed by atoms with van der Waals surface area (Å²) in [7, 11) is 1.56. The molecule has 2 rings (SSSR count). The third kappa shape index (κ3) is 4.03. The number of alkyl carbamates (subject to hydrolysis) is 1. The van der Waals surface area contributed by atoms with Crippen molar-refractivity contribution in [1.82, 2.24) is 5.32 Å². The van der Waals surface area contributed by atoms with E-state index in [1.165, 1.54) is 5.57 Å². The van der Waals surface area contributed by atoms with Crippen LogP contribution in [0.5, 0.6) is 0 Å². The fraction of sp³-hybridized carbons (Fsp3) is 0.842. The number of hydrogen-bond donors (Lipinski definition) is 2. The summed E-state index contributed by atoms with van der Waals surface area (Å²) in [5, 5.41) is 14.2. The second-order valence-electron chi connectivity index (χ2n) is 7.63. The second-order valence-corrected chi connectivity index (χ2v) is 7.94. The first-order valence-corrected chi connectivity index (χ1v) is 9.83. The van der Waals surface area contributed by atoms with Gasteiger partial charge in [0.05, 0.1) is 6.10 Å². The molecule has 0 aromatic carbocycles. The third-order valence-corrected chi connectivity index (χ3v) is 6.08. The highest BCUT2D eigenvalue weighted by atomic mass is 35.5. The minimum atomic E-state index is -1.13. The maximum absolute atomic E-state index is 11.8. The van der Waals surface area contributed by atoms with Gasteiger partial charge < -0.3 is 24.6 Å². The fourth-order valence-electron chi connectivity index (χ4n) is 4.10. The van der Waals surface area contributed by atoms with Gasteiger partial charge in [0.15, 0.2) is 0 Å². The first kappa shape index (κ1) is 21.5. The summed E-state index contributed by atoms with van der Waals surface area (Å²) in [6, 6.07) is 0. The summed E-state index contributed by atoms with van der Waals surface area (Å²) in [5.41, 5.74) is -0.583. The number of carbonyl (C=O) groups is 1. The van der Waals surface area contributed by atoms with E-state index in [9.17, 15) is 9.90 Å². The number of carbonyl (C=O) groups excluding carboxylic acids is 1. The average molecular weight is 390 g/mol. The summed E-state index contributed by atoms with van der Waals surface area (Å²) in [6.45, 7) is 8.34. The Kier molecular flexibility index (Phi) is 6.99. The lowest BCUT2D eigenvalue weighted by atomic mass is 9.65. The van der Waals surface area contributed by atoms with Crippen LogP contribution in [0.1, 0.15) is 47.0 Å². The highest BCUT2D eigenvalue weighted by Gasteiger charge is 2.69. The minimum absolute atomic E-state index is 0.0496. The number of amides is 1. The van der Waals surface area contributed by atoms with Crippen LogP contribution >= 0.6 is 11.6 Å². The average Bonchev–Trinajstić information content (AvgIpc) is 3.26. The molecule has 7 heteroatoms. The van der Waals surface area contributed by atoms with Crippen molar-refractivity contribution in [3.05, 3.63) is 11.6 Å². The number of ether oxygens (including phenoxy) is 3. The van der Waals surface area contributed by atoms with Gasteiger partial charge in [-0.3, -0.25) is 0 Å². The molecule has 6 unspecified atom stereocenters. The molecule has 150 valence electrons. The molecule has 0 radical (unpaired) electrons. The van der Waals surface area contributed by atoms with Gasteiger partial charge in [0.1, 0.15) is 23.4 Å². The molecule has 0 bridgehead atoms. The molecule has 1 saturated carbocycles. The van der Waals surface area contributed by atoms with Crippen molar-refractivity contribution in [2.24, 2.45) is 5.92 Å². The van der Waals surface area contributed by atoms with Crippen molar-refractivity contribution < 1.29 is 24.1 Å². The van der Waals surface area contributed by atoms with E-state index in [-0.39, 0.29) is 12.0 Å². The van der Waals surface area contributed by atoms with Gasteiger partial charge in [-0.15, -0.1) is 11.6 Å². The Bertz CT molecular complexity index is 538. The van der Waals surface area contributed by atoms with Gasteiger partial charge >= 0.3 is 6.09 Å². The predicted molar refractivity (Wildman–Crippen MR) is 100 cm³/mol. The second kappa shape index (κ2) is 8.46. The molecule has 6 nitrogen and oxygen atoms in total. The Hall–Kier alpha value is -0.820. The van der Waals surface area contributed by atoms with Crippen molar-refractivity contribution in [3.8, 4) is 0 Å². The summed E-state index contributed by atoms with van der Waals surface area (Å²) in [4.78, 5) is 11.8. The molecule has 1 aliphatic carbocycles. The lowest BCUT2D eigenvalue weighted by Gasteiger charge is -2.48. The Morgan fingerprint density at radius 1 is 1.46 bits per heavy atom. The van der Waals surface area contributed by atoms with Gasteiger partial charge in [-0.1, -0.05) is 11.6 Å². The molecule has 1 aliphatic heterocycles. The van der Waals surface area contributed by atoms with Crippen LogP contribution in [0.25, 0.3) is 0 Å². The van der Waals surface area contributed by atoms with Crippen LogP contribution in [0, 0.1) is 5.92 Å². The lowest BCUT2D eigenvalue weighted by molar-refractivity contribution is -0.177. The molecule has 26 heavy (non-hydrogen) atoms. The molecule has 2 fully saturated rings. The van der Waals surface area contributed by atoms with Gasteiger partial charge in [-0.2, -0.15) is 0 Å². The van der Waals surface area contributed by atoms with Crippen LogP contribution in [0.4, 0.5) is 4.79 Å². The van der Waals surface area contributed by atoms with Crippen molar-refractivity contribution in [2.75, 3.05) is 19.5 Å². The molecule has 2 N–H and O–H groups in total. The van der Waals surface area contributed by atoms with E-state index in [0.717, 1.165) is 6.42 Å². The highest BCUT2D eigenvalue weighted by molar-refractivity contribution is 6.18. The number of alkyl halides is 1. The zero-order valence-electron chi connectivity index (χ0n) is 16.4. The van der Waals surface area contributed by atoms with E-state index >= 15 is 0 Å². The van der Waals surface area contributed by atoms with Crippen LogP contribution < -0.4 is 5.32 Å². The van der Waals surface area contributed by atoms with Gasteiger partial charge in [0, 0.05) is 25.5 Å². The van der Waals surface area contributed by atoms with Crippen LogP contribution in [0.3, 0.4) is 0 Å². The largest absolute Gasteiger partial charge is 0.443 e. The number of aliphatic hydroxyl groups is 1. The summed E-state index contributed by atoms with van der Waals surface area (Å²) in [6.07, 6.45) is 2.34. The summed E-state index contributed by atoms with van der Waals surface area (Å²) in [5.74, 6) is -0.206. The van der Waals surface area contributed by atoms with E-state index in [2.05, 4.69) is 11.4 Å². The third-order valence-electron chi connectivity index (χ3n) is 5.75. The monoisotopic (exact) mass is 389 g/mol. The Morgan fingerprint density at radius 3 is 2.69 bits per heavy atom. The molecule has 6 atom stereocenters. The van der Waals surface area contributed by atoms with Gasteiger partial charge in [-0.05, 0) is 47.0 Å². The highest BCUT2D eigenvalue weighted by Crippen LogP contribution is 2.55. The quantitative estimate of drug-likeness (QED) is 0.397. The van der Waals surface area contributed by atoms with Gasteiger partial charge in [-0.25, -0.2) is 4.79 Å². The molecule has 1 amide bonds. The molecule has 1 heterocycles. The Balaban J connectivity index is 2.16. The van der Waals surface area contributed by atoms with E-state index in [1.807, 2.05) is 27.7 Å². The Labute approximate surface area is 161 Å². The summed E-state index contributed by atoms with van der Waals surface area (Å²) >= 11 is 6.25. The maximum Gasteiger partial charge on any atom is 0.407 e. The topological polar surface area (TPSA) is 80.3 Å². The minimum Gasteiger partial charge on any atom is -0.443 e. The number of allylic oxidation sites excluding steroid dienone is 1. The molecule has 0 aromatic rings. The van der Waals surface area contributed by atoms with Crippen molar-refractivity contribution in [3.63, 3.8) is 0 Å². The molecular formula is C19H32ClNO5. The molecule has 1 saturated heterocycles. The number of methoxy groups -OCH3 is 1.